The Hall–Kier alpha value is -2.47. The predicted molar refractivity (Wildman–Crippen MR) is 91.0 cm³/mol. The molecule has 2 aliphatic rings. The van der Waals surface area contributed by atoms with E-state index in [0.29, 0.717) is 17.9 Å². The zero-order chi connectivity index (χ0) is 16.4. The van der Waals surface area contributed by atoms with Gasteiger partial charge in [-0.3, -0.25) is 9.78 Å². The van der Waals surface area contributed by atoms with Crippen LogP contribution in [-0.2, 0) is 6.54 Å². The molecule has 2 aliphatic heterocycles. The lowest BCUT2D eigenvalue weighted by Gasteiger charge is -2.22. The first-order valence-corrected chi connectivity index (χ1v) is 7.89. The molecule has 23 heavy (non-hydrogen) atoms. The Morgan fingerprint density at radius 1 is 1.17 bits per heavy atom. The van der Waals surface area contributed by atoms with E-state index in [1.807, 2.05) is 28.8 Å². The summed E-state index contributed by atoms with van der Waals surface area (Å²) >= 11 is 0. The summed E-state index contributed by atoms with van der Waals surface area (Å²) in [6.07, 6.45) is 0. The number of hydrogen-bond acceptors (Lipinski definition) is 4. The Bertz CT molecular complexity index is 908. The number of benzene rings is 1. The molecule has 0 amide bonds. The van der Waals surface area contributed by atoms with Crippen molar-refractivity contribution in [1.29, 1.82) is 0 Å². The van der Waals surface area contributed by atoms with Crippen molar-refractivity contribution in [1.82, 2.24) is 19.4 Å². The van der Waals surface area contributed by atoms with Crippen LogP contribution in [0.5, 0.6) is 0 Å². The first-order valence-electron chi connectivity index (χ1n) is 7.89. The summed E-state index contributed by atoms with van der Waals surface area (Å²) in [5, 5.41) is 0.963. The van der Waals surface area contributed by atoms with Crippen LogP contribution in [0.4, 0.5) is 0 Å². The second-order valence-corrected chi connectivity index (χ2v) is 5.49. The molecule has 120 valence electrons. The number of nitrogens with zero attached hydrogens (tertiary/aromatic N) is 3. The average Bonchev–Trinajstić information content (AvgIpc) is 2.55. The fourth-order valence-electron chi connectivity index (χ4n) is 2.92. The second kappa shape index (κ2) is 6.34. The van der Waals surface area contributed by atoms with E-state index in [0.717, 1.165) is 30.5 Å². The van der Waals surface area contributed by atoms with Gasteiger partial charge in [-0.05, 0) is 30.6 Å². The largest absolute Gasteiger partial charge is 0.349 e. The van der Waals surface area contributed by atoms with Gasteiger partial charge in [-0.25, -0.2) is 4.79 Å². The molecule has 0 saturated carbocycles. The minimum absolute atomic E-state index is 0.387. The van der Waals surface area contributed by atoms with Crippen LogP contribution >= 0.6 is 0 Å². The van der Waals surface area contributed by atoms with Crippen molar-refractivity contribution in [3.8, 4) is 11.4 Å². The minimum Gasteiger partial charge on any atom is -0.324 e. The fraction of sp³-hybridized carbons (Fsp3) is 0.353. The zero-order valence-corrected chi connectivity index (χ0v) is 13.4. The Kier molecular flexibility index (Phi) is 4.25. The molecule has 1 N–H and O–H groups in total. The Morgan fingerprint density at radius 3 is 2.65 bits per heavy atom. The third-order valence-corrected chi connectivity index (χ3v) is 4.23. The van der Waals surface area contributed by atoms with Gasteiger partial charge in [0.05, 0.1) is 5.56 Å². The normalized spacial score (nSPS) is 11.6. The first-order chi connectivity index (χ1) is 11.1. The molecule has 0 aliphatic carbocycles. The molecule has 1 aromatic rings. The van der Waals surface area contributed by atoms with E-state index >= 15 is 0 Å². The number of aromatic amines is 1. The predicted octanol–water partition coefficient (Wildman–Crippen LogP) is 1.53. The quantitative estimate of drug-likeness (QED) is 0.725. The minimum atomic E-state index is -0.602. The third kappa shape index (κ3) is 2.90. The molecular weight excluding hydrogens is 292 g/mol. The molecule has 0 radical (unpaired) electrons. The van der Waals surface area contributed by atoms with Crippen LogP contribution in [0, 0.1) is 0 Å². The smallest absolute Gasteiger partial charge is 0.324 e. The Balaban J connectivity index is 2.22. The topological polar surface area (TPSA) is 71.0 Å². The lowest BCUT2D eigenvalue weighted by molar-refractivity contribution is 0.292. The number of likely N-dealkylation sites (N-methyl/N-ethyl adjacent to an activating group) is 1. The van der Waals surface area contributed by atoms with E-state index < -0.39 is 5.69 Å². The fourth-order valence-corrected chi connectivity index (χ4v) is 2.92. The van der Waals surface area contributed by atoms with Crippen molar-refractivity contribution in [2.45, 2.75) is 20.4 Å². The molecule has 0 atom stereocenters. The lowest BCUT2D eigenvalue weighted by atomic mass is 10.1. The number of para-hydroxylation sites is 1. The highest BCUT2D eigenvalue weighted by atomic mass is 16.2. The van der Waals surface area contributed by atoms with Crippen LogP contribution < -0.4 is 11.2 Å². The van der Waals surface area contributed by atoms with Crippen molar-refractivity contribution in [3.05, 3.63) is 51.2 Å². The second-order valence-electron chi connectivity index (χ2n) is 5.49. The van der Waals surface area contributed by atoms with Crippen molar-refractivity contribution in [3.63, 3.8) is 0 Å². The maximum Gasteiger partial charge on any atom is 0.349 e. The van der Waals surface area contributed by atoms with E-state index in [1.54, 1.807) is 6.07 Å². The van der Waals surface area contributed by atoms with E-state index in [4.69, 9.17) is 0 Å². The van der Waals surface area contributed by atoms with Crippen LogP contribution in [0.15, 0.2) is 39.9 Å². The van der Waals surface area contributed by atoms with Gasteiger partial charge in [-0.1, -0.05) is 32.0 Å². The van der Waals surface area contributed by atoms with Crippen molar-refractivity contribution >= 4 is 10.9 Å². The van der Waals surface area contributed by atoms with Crippen molar-refractivity contribution in [2.75, 3.05) is 19.6 Å². The molecule has 2 heterocycles. The van der Waals surface area contributed by atoms with Gasteiger partial charge in [-0.2, -0.15) is 4.98 Å². The summed E-state index contributed by atoms with van der Waals surface area (Å²) in [5.74, 6) is 0.449. The van der Waals surface area contributed by atoms with Crippen LogP contribution in [0.25, 0.3) is 22.3 Å². The number of hydrogen-bond donors (Lipinski definition) is 1. The lowest BCUT2D eigenvalue weighted by Crippen LogP contribution is -2.31. The van der Waals surface area contributed by atoms with Gasteiger partial charge in [0, 0.05) is 18.6 Å². The molecule has 0 saturated heterocycles. The number of nitrogens with one attached hydrogen (secondary N) is 1. The molecule has 0 aromatic heterocycles. The number of pyridine rings is 1. The molecule has 0 unspecified atom stereocenters. The summed E-state index contributed by atoms with van der Waals surface area (Å²) in [4.78, 5) is 32.4. The van der Waals surface area contributed by atoms with Crippen molar-refractivity contribution in [2.24, 2.45) is 0 Å². The summed E-state index contributed by atoms with van der Waals surface area (Å²) < 4.78 is 1.97. The third-order valence-electron chi connectivity index (χ3n) is 4.23. The molecule has 1 aromatic carbocycles. The Morgan fingerprint density at radius 2 is 1.91 bits per heavy atom. The standard InChI is InChI=1S/C17H20N4O2/c1-3-20(4-2)9-10-21-14-8-6-5-7-12(14)11-13-15(21)18-17(23)19-16(13)22/h5-8,11H,3-4,9-10H2,1-2H3,(H,19,22,23). The average molecular weight is 312 g/mol. The summed E-state index contributed by atoms with van der Waals surface area (Å²) in [6.45, 7) is 7.67. The van der Waals surface area contributed by atoms with Gasteiger partial charge in [0.15, 0.2) is 5.82 Å². The highest BCUT2D eigenvalue weighted by Crippen LogP contribution is 2.23. The maximum absolute atomic E-state index is 12.1. The number of rotatable bonds is 5. The van der Waals surface area contributed by atoms with Crippen molar-refractivity contribution < 1.29 is 0 Å². The molecular formula is C17H20N4O2. The zero-order valence-electron chi connectivity index (χ0n) is 13.4. The first kappa shape index (κ1) is 15.4. The number of fused-ring (bicyclic) bond motifs is 2. The summed E-state index contributed by atoms with van der Waals surface area (Å²) in [7, 11) is 0. The van der Waals surface area contributed by atoms with Crippen LogP contribution in [0.2, 0.25) is 0 Å². The number of aromatic nitrogens is 3. The Labute approximate surface area is 133 Å². The van der Waals surface area contributed by atoms with Crippen LogP contribution in [-0.4, -0.2) is 39.1 Å². The van der Waals surface area contributed by atoms with Gasteiger partial charge >= 0.3 is 5.69 Å². The van der Waals surface area contributed by atoms with Gasteiger partial charge in [-0.15, -0.1) is 0 Å². The van der Waals surface area contributed by atoms with E-state index in [-0.39, 0.29) is 5.56 Å². The SMILES string of the molecule is CCN(CC)CCn1c2nc(=O)[nH]c(=O)c-2cc2ccccc21. The molecule has 0 fully saturated rings. The maximum atomic E-state index is 12.1. The number of H-pyrrole nitrogens is 1. The molecule has 6 heteroatoms. The van der Waals surface area contributed by atoms with E-state index in [9.17, 15) is 9.59 Å². The van der Waals surface area contributed by atoms with Gasteiger partial charge < -0.3 is 9.47 Å². The molecule has 6 nitrogen and oxygen atoms in total. The van der Waals surface area contributed by atoms with Crippen LogP contribution in [0.3, 0.4) is 0 Å². The highest BCUT2D eigenvalue weighted by Gasteiger charge is 2.16. The van der Waals surface area contributed by atoms with Gasteiger partial charge in [0.2, 0.25) is 0 Å². The highest BCUT2D eigenvalue weighted by molar-refractivity contribution is 5.85. The molecule has 3 rings (SSSR count). The van der Waals surface area contributed by atoms with Crippen LogP contribution in [0.1, 0.15) is 13.8 Å². The van der Waals surface area contributed by atoms with E-state index in [2.05, 4.69) is 28.7 Å². The molecule has 0 spiro atoms. The monoisotopic (exact) mass is 312 g/mol. The van der Waals surface area contributed by atoms with Gasteiger partial charge in [0.25, 0.3) is 5.56 Å². The molecule has 0 bridgehead atoms. The summed E-state index contributed by atoms with van der Waals surface area (Å²) in [5.41, 5.74) is 0.434. The van der Waals surface area contributed by atoms with Gasteiger partial charge in [0.1, 0.15) is 0 Å². The summed E-state index contributed by atoms with van der Waals surface area (Å²) in [6, 6.07) is 9.64. The van der Waals surface area contributed by atoms with E-state index in [1.165, 1.54) is 0 Å².